The third-order valence-electron chi connectivity index (χ3n) is 1.59. The van der Waals surface area contributed by atoms with Crippen molar-refractivity contribution in [3.63, 3.8) is 0 Å². The van der Waals surface area contributed by atoms with Gasteiger partial charge in [0.25, 0.3) is 5.56 Å². The maximum Gasteiger partial charge on any atom is 0.279 e. The molecular formula is C9H6N2O2. The minimum absolute atomic E-state index is 0.307. The fourth-order valence-electron chi connectivity index (χ4n) is 0.994. The molecule has 4 heteroatoms. The lowest BCUT2D eigenvalue weighted by Gasteiger charge is -1.84. The van der Waals surface area contributed by atoms with Gasteiger partial charge in [-0.25, -0.2) is 9.97 Å². The highest BCUT2D eigenvalue weighted by Crippen LogP contribution is 2.09. The van der Waals surface area contributed by atoms with Crippen LogP contribution in [0.2, 0.25) is 0 Å². The third-order valence-corrected chi connectivity index (χ3v) is 1.59. The Kier molecular flexibility index (Phi) is 1.88. The van der Waals surface area contributed by atoms with Crippen molar-refractivity contribution in [1.82, 2.24) is 9.97 Å². The number of hydrogen-bond acceptors (Lipinski definition) is 4. The molecule has 0 amide bonds. The normalized spacial score (nSPS) is 9.85. The fourth-order valence-corrected chi connectivity index (χ4v) is 0.994. The molecule has 0 saturated heterocycles. The highest BCUT2D eigenvalue weighted by Gasteiger charge is 2.03. The molecule has 2 heterocycles. The minimum atomic E-state index is -0.307. The topological polar surface area (TPSA) is 56.0 Å². The summed E-state index contributed by atoms with van der Waals surface area (Å²) in [6.07, 6.45) is 4.14. The van der Waals surface area contributed by atoms with Gasteiger partial charge in [0.05, 0.1) is 5.56 Å². The largest absolute Gasteiger partial charge is 0.451 e. The summed E-state index contributed by atoms with van der Waals surface area (Å²) >= 11 is 0. The molecule has 0 aliphatic heterocycles. The van der Waals surface area contributed by atoms with Crippen LogP contribution in [0, 0.1) is 0 Å². The maximum absolute atomic E-state index is 11.3. The van der Waals surface area contributed by atoms with E-state index in [1.54, 1.807) is 18.2 Å². The SMILES string of the molecule is O=c1nccccc1-c1cocn1. The molecule has 2 aromatic heterocycles. The molecule has 0 saturated carbocycles. The Morgan fingerprint density at radius 3 is 2.92 bits per heavy atom. The van der Waals surface area contributed by atoms with Crippen molar-refractivity contribution in [1.29, 1.82) is 0 Å². The molecule has 0 aromatic carbocycles. The fraction of sp³-hybridized carbons (Fsp3) is 0. The molecule has 0 fully saturated rings. The van der Waals surface area contributed by atoms with Gasteiger partial charge in [0.15, 0.2) is 6.39 Å². The standard InChI is InChI=1S/C9H6N2O2/c12-9-7(3-1-2-4-10-9)8-5-13-6-11-8/h1-6H. The Morgan fingerprint density at radius 2 is 2.15 bits per heavy atom. The summed E-state index contributed by atoms with van der Waals surface area (Å²) in [4.78, 5) is 18.9. The molecule has 0 atom stereocenters. The third kappa shape index (κ3) is 1.46. The molecule has 0 spiro atoms. The lowest BCUT2D eigenvalue weighted by molar-refractivity contribution is 0.558. The first kappa shape index (κ1) is 7.67. The Morgan fingerprint density at radius 1 is 1.23 bits per heavy atom. The zero-order valence-electron chi connectivity index (χ0n) is 6.68. The van der Waals surface area contributed by atoms with Gasteiger partial charge in [0.1, 0.15) is 12.0 Å². The van der Waals surface area contributed by atoms with E-state index >= 15 is 0 Å². The van der Waals surface area contributed by atoms with E-state index in [4.69, 9.17) is 4.42 Å². The van der Waals surface area contributed by atoms with Crippen molar-refractivity contribution in [2.24, 2.45) is 0 Å². The van der Waals surface area contributed by atoms with E-state index in [-0.39, 0.29) is 5.56 Å². The van der Waals surface area contributed by atoms with Crippen LogP contribution in [0.25, 0.3) is 11.3 Å². The molecule has 0 bridgehead atoms. The first-order chi connectivity index (χ1) is 6.38. The van der Waals surface area contributed by atoms with Crippen molar-refractivity contribution in [3.8, 4) is 11.3 Å². The van der Waals surface area contributed by atoms with E-state index in [2.05, 4.69) is 9.97 Å². The lowest BCUT2D eigenvalue weighted by Crippen LogP contribution is -2.04. The molecular weight excluding hydrogens is 168 g/mol. The highest BCUT2D eigenvalue weighted by atomic mass is 16.3. The number of nitrogens with zero attached hydrogens (tertiary/aromatic N) is 2. The monoisotopic (exact) mass is 174 g/mol. The van der Waals surface area contributed by atoms with Crippen LogP contribution >= 0.6 is 0 Å². The van der Waals surface area contributed by atoms with Gasteiger partial charge in [0.2, 0.25) is 0 Å². The van der Waals surface area contributed by atoms with Crippen molar-refractivity contribution in [2.45, 2.75) is 0 Å². The van der Waals surface area contributed by atoms with Gasteiger partial charge in [-0.2, -0.15) is 0 Å². The summed E-state index contributed by atoms with van der Waals surface area (Å²) in [6, 6.07) is 5.08. The van der Waals surface area contributed by atoms with E-state index in [0.29, 0.717) is 11.3 Å². The Labute approximate surface area is 73.9 Å². The zero-order chi connectivity index (χ0) is 9.10. The molecule has 0 N–H and O–H groups in total. The first-order valence-corrected chi connectivity index (χ1v) is 3.72. The van der Waals surface area contributed by atoms with Crippen LogP contribution in [-0.2, 0) is 0 Å². The van der Waals surface area contributed by atoms with Gasteiger partial charge in [-0.15, -0.1) is 0 Å². The van der Waals surface area contributed by atoms with Crippen molar-refractivity contribution in [2.75, 3.05) is 0 Å². The summed E-state index contributed by atoms with van der Waals surface area (Å²) in [5, 5.41) is 0. The average Bonchev–Trinajstić information content (AvgIpc) is 2.56. The second-order valence-corrected chi connectivity index (χ2v) is 2.42. The number of oxazole rings is 1. The average molecular weight is 174 g/mol. The summed E-state index contributed by atoms with van der Waals surface area (Å²) in [7, 11) is 0. The van der Waals surface area contributed by atoms with Crippen LogP contribution < -0.4 is 5.56 Å². The maximum atomic E-state index is 11.3. The molecule has 0 unspecified atom stereocenters. The quantitative estimate of drug-likeness (QED) is 0.649. The molecule has 13 heavy (non-hydrogen) atoms. The molecule has 64 valence electrons. The summed E-state index contributed by atoms with van der Waals surface area (Å²) < 4.78 is 4.78. The van der Waals surface area contributed by atoms with Crippen LogP contribution in [0.3, 0.4) is 0 Å². The van der Waals surface area contributed by atoms with Gasteiger partial charge in [-0.3, -0.25) is 4.79 Å². The van der Waals surface area contributed by atoms with Crippen LogP contribution in [0.15, 0.2) is 46.3 Å². The summed E-state index contributed by atoms with van der Waals surface area (Å²) in [5.74, 6) is 0. The Bertz CT molecular complexity index is 451. The van der Waals surface area contributed by atoms with E-state index in [0.717, 1.165) is 0 Å². The van der Waals surface area contributed by atoms with E-state index in [1.807, 2.05) is 0 Å². The van der Waals surface area contributed by atoms with Crippen LogP contribution in [-0.4, -0.2) is 9.97 Å². The molecule has 0 aliphatic carbocycles. The van der Waals surface area contributed by atoms with E-state index in [9.17, 15) is 4.79 Å². The molecule has 2 aromatic rings. The van der Waals surface area contributed by atoms with Crippen LogP contribution in [0.5, 0.6) is 0 Å². The smallest absolute Gasteiger partial charge is 0.279 e. The van der Waals surface area contributed by atoms with Gasteiger partial charge in [-0.1, -0.05) is 6.07 Å². The van der Waals surface area contributed by atoms with E-state index < -0.39 is 0 Å². The minimum Gasteiger partial charge on any atom is -0.451 e. The summed E-state index contributed by atoms with van der Waals surface area (Å²) in [6.45, 7) is 0. The Hall–Kier alpha value is -1.97. The van der Waals surface area contributed by atoms with Gasteiger partial charge in [0, 0.05) is 6.20 Å². The molecule has 0 aliphatic rings. The second kappa shape index (κ2) is 3.18. The van der Waals surface area contributed by atoms with Crippen LogP contribution in [0.4, 0.5) is 0 Å². The molecule has 4 nitrogen and oxygen atoms in total. The zero-order valence-corrected chi connectivity index (χ0v) is 6.68. The summed E-state index contributed by atoms with van der Waals surface area (Å²) in [5.41, 5.74) is 0.645. The number of aromatic nitrogens is 2. The van der Waals surface area contributed by atoms with Gasteiger partial charge >= 0.3 is 0 Å². The van der Waals surface area contributed by atoms with Crippen LogP contribution in [0.1, 0.15) is 0 Å². The second-order valence-electron chi connectivity index (χ2n) is 2.42. The highest BCUT2D eigenvalue weighted by molar-refractivity contribution is 5.55. The first-order valence-electron chi connectivity index (χ1n) is 3.72. The van der Waals surface area contributed by atoms with Gasteiger partial charge in [-0.05, 0) is 12.1 Å². The van der Waals surface area contributed by atoms with Crippen molar-refractivity contribution < 1.29 is 4.42 Å². The number of rotatable bonds is 1. The van der Waals surface area contributed by atoms with E-state index in [1.165, 1.54) is 18.9 Å². The van der Waals surface area contributed by atoms with Gasteiger partial charge < -0.3 is 4.42 Å². The molecule has 2 rings (SSSR count). The van der Waals surface area contributed by atoms with Crippen molar-refractivity contribution in [3.05, 3.63) is 47.4 Å². The predicted octanol–water partition coefficient (Wildman–Crippen LogP) is 1.10. The Balaban J connectivity index is 2.67. The molecule has 0 radical (unpaired) electrons. The number of hydrogen-bond donors (Lipinski definition) is 0. The lowest BCUT2D eigenvalue weighted by atomic mass is 10.2. The predicted molar refractivity (Wildman–Crippen MR) is 46.0 cm³/mol. The van der Waals surface area contributed by atoms with Crippen molar-refractivity contribution >= 4 is 0 Å².